The molecule has 3 heterocycles. The Kier molecular flexibility index (Phi) is 4.57. The summed E-state index contributed by atoms with van der Waals surface area (Å²) in [7, 11) is 0. The van der Waals surface area contributed by atoms with Crippen LogP contribution in [-0.2, 0) is 6.54 Å². The van der Waals surface area contributed by atoms with Gasteiger partial charge in [0.15, 0.2) is 0 Å². The molecule has 1 unspecified atom stereocenters. The van der Waals surface area contributed by atoms with Crippen LogP contribution in [0.15, 0.2) is 22.9 Å². The van der Waals surface area contributed by atoms with Crippen LogP contribution >= 0.6 is 27.3 Å². The van der Waals surface area contributed by atoms with Gasteiger partial charge in [-0.2, -0.15) is 0 Å². The van der Waals surface area contributed by atoms with E-state index in [0.29, 0.717) is 0 Å². The number of hydrogen-bond donors (Lipinski definition) is 0. The molecule has 2 aromatic heterocycles. The predicted molar refractivity (Wildman–Crippen MR) is 87.8 cm³/mol. The quantitative estimate of drug-likeness (QED) is 0.827. The molecule has 4 nitrogen and oxygen atoms in total. The topological polar surface area (TPSA) is 38.2 Å². The van der Waals surface area contributed by atoms with Crippen LogP contribution in [0.5, 0.6) is 5.75 Å². The molecule has 1 aliphatic rings. The third-order valence-electron chi connectivity index (χ3n) is 3.62. The average molecular weight is 368 g/mol. The Morgan fingerprint density at radius 1 is 1.48 bits per heavy atom. The van der Waals surface area contributed by atoms with E-state index in [0.717, 1.165) is 41.3 Å². The van der Waals surface area contributed by atoms with Crippen LogP contribution in [0.4, 0.5) is 0 Å². The molecule has 0 amide bonds. The van der Waals surface area contributed by atoms with Crippen LogP contribution in [0.25, 0.3) is 0 Å². The Hall–Kier alpha value is -0.980. The van der Waals surface area contributed by atoms with E-state index >= 15 is 0 Å². The summed E-state index contributed by atoms with van der Waals surface area (Å²) in [6, 6.07) is 1.91. The number of likely N-dealkylation sites (tertiary alicyclic amines) is 1. The van der Waals surface area contributed by atoms with Gasteiger partial charge in [-0.15, -0.1) is 11.3 Å². The SMILES string of the molecule is Cc1nc(C)c(CN2CCC(Oc3ccncc3Br)C2)s1. The smallest absolute Gasteiger partial charge is 0.137 e. The molecule has 1 saturated heterocycles. The monoisotopic (exact) mass is 367 g/mol. The summed E-state index contributed by atoms with van der Waals surface area (Å²) in [6.07, 6.45) is 4.84. The summed E-state index contributed by atoms with van der Waals surface area (Å²) < 4.78 is 6.98. The molecule has 3 rings (SSSR count). The summed E-state index contributed by atoms with van der Waals surface area (Å²) in [5.41, 5.74) is 1.17. The van der Waals surface area contributed by atoms with Crippen molar-refractivity contribution in [2.24, 2.45) is 0 Å². The molecule has 1 aliphatic heterocycles. The van der Waals surface area contributed by atoms with Crippen molar-refractivity contribution in [2.45, 2.75) is 32.9 Å². The molecular formula is C15H18BrN3OS. The molecule has 1 atom stereocenters. The van der Waals surface area contributed by atoms with Crippen LogP contribution in [0.2, 0.25) is 0 Å². The maximum Gasteiger partial charge on any atom is 0.137 e. The molecule has 0 aromatic carbocycles. The Labute approximate surface area is 137 Å². The van der Waals surface area contributed by atoms with Crippen LogP contribution in [0.1, 0.15) is 22.0 Å². The first kappa shape index (κ1) is 14.9. The van der Waals surface area contributed by atoms with E-state index in [1.54, 1.807) is 23.7 Å². The van der Waals surface area contributed by atoms with Gasteiger partial charge in [-0.05, 0) is 42.3 Å². The normalized spacial score (nSPS) is 19.1. The van der Waals surface area contributed by atoms with Gasteiger partial charge in [-0.3, -0.25) is 9.88 Å². The van der Waals surface area contributed by atoms with E-state index < -0.39 is 0 Å². The lowest BCUT2D eigenvalue weighted by Gasteiger charge is -2.17. The number of halogens is 1. The van der Waals surface area contributed by atoms with Gasteiger partial charge >= 0.3 is 0 Å². The first-order chi connectivity index (χ1) is 10.1. The zero-order valence-corrected chi connectivity index (χ0v) is 14.6. The van der Waals surface area contributed by atoms with Gasteiger partial charge < -0.3 is 4.74 Å². The average Bonchev–Trinajstić information content (AvgIpc) is 3.00. The third-order valence-corrected chi connectivity index (χ3v) is 5.28. The summed E-state index contributed by atoms with van der Waals surface area (Å²) in [4.78, 5) is 12.4. The lowest BCUT2D eigenvalue weighted by molar-refractivity contribution is 0.197. The number of aromatic nitrogens is 2. The second-order valence-corrected chi connectivity index (χ2v) is 7.45. The zero-order chi connectivity index (χ0) is 14.8. The lowest BCUT2D eigenvalue weighted by Crippen LogP contribution is -2.24. The van der Waals surface area contributed by atoms with Gasteiger partial charge in [-0.25, -0.2) is 4.98 Å². The molecule has 112 valence electrons. The van der Waals surface area contributed by atoms with Crippen LogP contribution in [0, 0.1) is 13.8 Å². The Balaban J connectivity index is 1.58. The van der Waals surface area contributed by atoms with Gasteiger partial charge in [0, 0.05) is 36.9 Å². The Bertz CT molecular complexity index is 631. The number of hydrogen-bond acceptors (Lipinski definition) is 5. The van der Waals surface area contributed by atoms with Crippen molar-refractivity contribution in [3.8, 4) is 5.75 Å². The standard InChI is InChI=1S/C15H18BrN3OS/c1-10-15(21-11(2)18-10)9-19-6-4-12(8-19)20-14-3-5-17-7-13(14)16/h3,5,7,12H,4,6,8-9H2,1-2H3. The molecule has 21 heavy (non-hydrogen) atoms. The molecule has 0 radical (unpaired) electrons. The molecule has 0 N–H and O–H groups in total. The van der Waals surface area contributed by atoms with E-state index in [2.05, 4.69) is 44.6 Å². The van der Waals surface area contributed by atoms with Crippen LogP contribution in [-0.4, -0.2) is 34.1 Å². The van der Waals surface area contributed by atoms with E-state index in [1.165, 1.54) is 10.6 Å². The van der Waals surface area contributed by atoms with Crippen molar-refractivity contribution in [1.29, 1.82) is 0 Å². The summed E-state index contributed by atoms with van der Waals surface area (Å²) >= 11 is 5.28. The highest BCUT2D eigenvalue weighted by atomic mass is 79.9. The minimum atomic E-state index is 0.248. The number of thiazole rings is 1. The molecule has 2 aromatic rings. The number of rotatable bonds is 4. The molecule has 0 spiro atoms. The number of nitrogens with zero attached hydrogens (tertiary/aromatic N) is 3. The molecule has 1 fully saturated rings. The van der Waals surface area contributed by atoms with E-state index in [-0.39, 0.29) is 6.10 Å². The predicted octanol–water partition coefficient (Wildman–Crippen LogP) is 3.57. The highest BCUT2D eigenvalue weighted by molar-refractivity contribution is 9.10. The van der Waals surface area contributed by atoms with Crippen LogP contribution in [0.3, 0.4) is 0 Å². The first-order valence-corrected chi connectivity index (χ1v) is 8.64. The van der Waals surface area contributed by atoms with E-state index in [1.807, 2.05) is 6.07 Å². The summed E-state index contributed by atoms with van der Waals surface area (Å²) in [6.45, 7) is 7.18. The molecule has 0 saturated carbocycles. The van der Waals surface area contributed by atoms with Gasteiger partial charge in [0.1, 0.15) is 11.9 Å². The largest absolute Gasteiger partial charge is 0.488 e. The fraction of sp³-hybridized carbons (Fsp3) is 0.467. The van der Waals surface area contributed by atoms with Gasteiger partial charge in [0.25, 0.3) is 0 Å². The summed E-state index contributed by atoms with van der Waals surface area (Å²) in [5.74, 6) is 0.877. The maximum atomic E-state index is 6.07. The first-order valence-electron chi connectivity index (χ1n) is 7.03. The van der Waals surface area contributed by atoms with Crippen molar-refractivity contribution in [3.63, 3.8) is 0 Å². The number of aryl methyl sites for hydroxylation is 2. The maximum absolute atomic E-state index is 6.07. The molecule has 0 bridgehead atoms. The van der Waals surface area contributed by atoms with Gasteiger partial charge in [0.2, 0.25) is 0 Å². The Morgan fingerprint density at radius 2 is 2.33 bits per heavy atom. The lowest BCUT2D eigenvalue weighted by atomic mass is 10.3. The fourth-order valence-corrected chi connectivity index (χ4v) is 3.92. The van der Waals surface area contributed by atoms with E-state index in [9.17, 15) is 0 Å². The van der Waals surface area contributed by atoms with Gasteiger partial charge in [-0.1, -0.05) is 0 Å². The Morgan fingerprint density at radius 3 is 3.05 bits per heavy atom. The van der Waals surface area contributed by atoms with E-state index in [4.69, 9.17) is 4.74 Å². The number of ether oxygens (including phenoxy) is 1. The van der Waals surface area contributed by atoms with Crippen LogP contribution < -0.4 is 4.74 Å². The second kappa shape index (κ2) is 6.42. The molecule has 0 aliphatic carbocycles. The minimum Gasteiger partial charge on any atom is -0.488 e. The third kappa shape index (κ3) is 3.62. The van der Waals surface area contributed by atoms with Crippen molar-refractivity contribution in [3.05, 3.63) is 38.5 Å². The number of pyridine rings is 1. The van der Waals surface area contributed by atoms with Crippen molar-refractivity contribution < 1.29 is 4.74 Å². The van der Waals surface area contributed by atoms with Gasteiger partial charge in [0.05, 0.1) is 15.2 Å². The minimum absolute atomic E-state index is 0.248. The zero-order valence-electron chi connectivity index (χ0n) is 12.2. The highest BCUT2D eigenvalue weighted by Crippen LogP contribution is 2.27. The summed E-state index contributed by atoms with van der Waals surface area (Å²) in [5, 5.41) is 1.15. The van der Waals surface area contributed by atoms with Crippen molar-refractivity contribution in [2.75, 3.05) is 13.1 Å². The molecule has 6 heteroatoms. The highest BCUT2D eigenvalue weighted by Gasteiger charge is 2.25. The van der Waals surface area contributed by atoms with Crippen molar-refractivity contribution in [1.82, 2.24) is 14.9 Å². The second-order valence-electron chi connectivity index (χ2n) is 5.31. The molecular weight excluding hydrogens is 350 g/mol. The fourth-order valence-electron chi connectivity index (χ4n) is 2.60. The van der Waals surface area contributed by atoms with Crippen molar-refractivity contribution >= 4 is 27.3 Å².